The quantitative estimate of drug-likeness (QED) is 0.676. The normalized spacial score (nSPS) is 20.9. The molecule has 2 fully saturated rings. The molecule has 0 radical (unpaired) electrons. The number of carbonyl (C=O) groups excluding carboxylic acids is 1. The number of aromatic nitrogens is 5. The summed E-state index contributed by atoms with van der Waals surface area (Å²) in [6, 6.07) is 4.68. The lowest BCUT2D eigenvalue weighted by atomic mass is 9.82. The topological polar surface area (TPSA) is 80.0 Å². The first-order chi connectivity index (χ1) is 14.1. The van der Waals surface area contributed by atoms with Gasteiger partial charge in [0.25, 0.3) is 5.91 Å². The van der Waals surface area contributed by atoms with Gasteiger partial charge in [-0.3, -0.25) is 9.78 Å². The van der Waals surface area contributed by atoms with Crippen molar-refractivity contribution >= 4 is 11.7 Å². The van der Waals surface area contributed by atoms with Gasteiger partial charge >= 0.3 is 0 Å². The highest BCUT2D eigenvalue weighted by Gasteiger charge is 2.44. The molecular weight excluding hydrogens is 373 g/mol. The summed E-state index contributed by atoms with van der Waals surface area (Å²) in [5.41, 5.74) is 1.22. The highest BCUT2D eigenvalue weighted by Crippen LogP contribution is 2.36. The van der Waals surface area contributed by atoms with Crippen LogP contribution in [-0.2, 0) is 0 Å². The minimum Gasteiger partial charge on any atom is -0.350 e. The summed E-state index contributed by atoms with van der Waals surface area (Å²) >= 11 is 0. The fourth-order valence-electron chi connectivity index (χ4n) is 4.17. The number of halogens is 1. The van der Waals surface area contributed by atoms with Crippen LogP contribution in [0, 0.1) is 18.7 Å². The van der Waals surface area contributed by atoms with Crippen molar-refractivity contribution in [1.29, 1.82) is 0 Å². The van der Waals surface area contributed by atoms with Crippen LogP contribution in [0.15, 0.2) is 43.0 Å². The van der Waals surface area contributed by atoms with Crippen LogP contribution in [0.5, 0.6) is 0 Å². The SMILES string of the molecule is Cc1cnc(N2C[C@@H]3CCN(C(=O)c4cccc(F)c4-n4nccn4)C[C@@H]32)cn1. The molecule has 1 amide bonds. The van der Waals surface area contributed by atoms with Gasteiger partial charge in [0.05, 0.1) is 42.1 Å². The van der Waals surface area contributed by atoms with E-state index in [-0.39, 0.29) is 23.2 Å². The summed E-state index contributed by atoms with van der Waals surface area (Å²) < 4.78 is 14.5. The lowest BCUT2D eigenvalue weighted by Crippen LogP contribution is -2.65. The third-order valence-electron chi connectivity index (χ3n) is 5.74. The van der Waals surface area contributed by atoms with Crippen LogP contribution in [0.3, 0.4) is 0 Å². The zero-order valence-corrected chi connectivity index (χ0v) is 15.9. The molecule has 2 saturated heterocycles. The summed E-state index contributed by atoms with van der Waals surface area (Å²) in [5, 5.41) is 8.01. The van der Waals surface area contributed by atoms with Gasteiger partial charge in [0.1, 0.15) is 11.5 Å². The molecule has 2 atom stereocenters. The smallest absolute Gasteiger partial charge is 0.256 e. The molecule has 2 aliphatic rings. The molecule has 3 aromatic rings. The van der Waals surface area contributed by atoms with Gasteiger partial charge in [0.2, 0.25) is 0 Å². The van der Waals surface area contributed by atoms with Crippen molar-refractivity contribution < 1.29 is 9.18 Å². The molecule has 8 nitrogen and oxygen atoms in total. The van der Waals surface area contributed by atoms with E-state index in [1.165, 1.54) is 18.5 Å². The third kappa shape index (κ3) is 3.02. The number of amides is 1. The molecule has 4 heterocycles. The van der Waals surface area contributed by atoms with Crippen LogP contribution in [0.4, 0.5) is 10.2 Å². The van der Waals surface area contributed by atoms with E-state index in [4.69, 9.17) is 0 Å². The number of fused-ring (bicyclic) bond motifs is 1. The number of nitrogens with zero attached hydrogens (tertiary/aromatic N) is 7. The Bertz CT molecular complexity index is 1040. The number of benzene rings is 1. The van der Waals surface area contributed by atoms with Crippen LogP contribution in [-0.4, -0.2) is 61.4 Å². The van der Waals surface area contributed by atoms with Gasteiger partial charge in [-0.1, -0.05) is 6.07 Å². The fourth-order valence-corrected chi connectivity index (χ4v) is 4.17. The number of rotatable bonds is 3. The van der Waals surface area contributed by atoms with Crippen LogP contribution < -0.4 is 4.90 Å². The van der Waals surface area contributed by atoms with Crippen molar-refractivity contribution in [2.24, 2.45) is 5.92 Å². The van der Waals surface area contributed by atoms with E-state index < -0.39 is 5.82 Å². The van der Waals surface area contributed by atoms with Gasteiger partial charge in [-0.15, -0.1) is 4.80 Å². The Morgan fingerprint density at radius 1 is 1.14 bits per heavy atom. The van der Waals surface area contributed by atoms with Crippen LogP contribution in [0.1, 0.15) is 22.5 Å². The molecule has 5 rings (SSSR count). The summed E-state index contributed by atoms with van der Waals surface area (Å²) in [6.45, 7) is 4.05. The molecule has 2 aliphatic heterocycles. The van der Waals surface area contributed by atoms with E-state index in [0.29, 0.717) is 19.0 Å². The molecular formula is C20H20FN7O. The number of likely N-dealkylation sites (tertiary alicyclic amines) is 1. The molecule has 0 bridgehead atoms. The minimum atomic E-state index is -0.526. The van der Waals surface area contributed by atoms with Gasteiger partial charge in [-0.25, -0.2) is 9.37 Å². The van der Waals surface area contributed by atoms with Gasteiger partial charge in [-0.05, 0) is 25.5 Å². The van der Waals surface area contributed by atoms with Crippen LogP contribution in [0.25, 0.3) is 5.69 Å². The molecule has 0 saturated carbocycles. The van der Waals surface area contributed by atoms with E-state index in [0.717, 1.165) is 29.3 Å². The fraction of sp³-hybridized carbons (Fsp3) is 0.350. The van der Waals surface area contributed by atoms with Crippen LogP contribution >= 0.6 is 0 Å². The summed E-state index contributed by atoms with van der Waals surface area (Å²) in [7, 11) is 0. The zero-order valence-electron chi connectivity index (χ0n) is 15.9. The average molecular weight is 393 g/mol. The Balaban J connectivity index is 1.39. The summed E-state index contributed by atoms with van der Waals surface area (Å²) in [4.78, 5) is 27.2. The first-order valence-electron chi connectivity index (χ1n) is 9.61. The van der Waals surface area contributed by atoms with Crippen molar-refractivity contribution in [3.8, 4) is 5.69 Å². The Hall–Kier alpha value is -3.36. The summed E-state index contributed by atoms with van der Waals surface area (Å²) in [5.74, 6) is 0.625. The highest BCUT2D eigenvalue weighted by atomic mass is 19.1. The van der Waals surface area contributed by atoms with Gasteiger partial charge in [-0.2, -0.15) is 10.2 Å². The van der Waals surface area contributed by atoms with Crippen molar-refractivity contribution in [1.82, 2.24) is 29.9 Å². The molecule has 0 unspecified atom stereocenters. The number of piperidine rings is 1. The van der Waals surface area contributed by atoms with Crippen molar-refractivity contribution in [3.63, 3.8) is 0 Å². The lowest BCUT2D eigenvalue weighted by molar-refractivity contribution is 0.0590. The first-order valence-corrected chi connectivity index (χ1v) is 9.61. The predicted molar refractivity (Wildman–Crippen MR) is 103 cm³/mol. The Morgan fingerprint density at radius 3 is 2.72 bits per heavy atom. The number of hydrogen-bond acceptors (Lipinski definition) is 6. The van der Waals surface area contributed by atoms with Gasteiger partial charge in [0.15, 0.2) is 5.82 Å². The molecule has 2 aromatic heterocycles. The van der Waals surface area contributed by atoms with Crippen molar-refractivity contribution in [3.05, 3.63) is 60.1 Å². The van der Waals surface area contributed by atoms with E-state index in [9.17, 15) is 9.18 Å². The molecule has 29 heavy (non-hydrogen) atoms. The molecule has 1 aromatic carbocycles. The predicted octanol–water partition coefficient (Wildman–Crippen LogP) is 1.86. The maximum Gasteiger partial charge on any atom is 0.256 e. The second-order valence-electron chi connectivity index (χ2n) is 7.49. The number of aryl methyl sites for hydroxylation is 1. The Kier molecular flexibility index (Phi) is 4.22. The van der Waals surface area contributed by atoms with E-state index in [1.54, 1.807) is 29.4 Å². The number of para-hydroxylation sites is 1. The molecule has 0 spiro atoms. The monoisotopic (exact) mass is 393 g/mol. The number of anilines is 1. The maximum atomic E-state index is 14.5. The van der Waals surface area contributed by atoms with Crippen LogP contribution in [0.2, 0.25) is 0 Å². The second-order valence-corrected chi connectivity index (χ2v) is 7.49. The van der Waals surface area contributed by atoms with E-state index >= 15 is 0 Å². The highest BCUT2D eigenvalue weighted by molar-refractivity contribution is 5.98. The lowest BCUT2D eigenvalue weighted by Gasteiger charge is -2.53. The standard InChI is InChI=1S/C20H20FN7O/c1-13-9-23-18(10-22-13)27-11-14-5-8-26(12-17(14)27)20(29)15-3-2-4-16(21)19(15)28-24-6-7-25-28/h2-4,6-7,9-10,14,17H,5,8,11-12H2,1H3/t14-,17-/m0/s1. The molecule has 148 valence electrons. The zero-order chi connectivity index (χ0) is 20.0. The second kappa shape index (κ2) is 6.91. The van der Waals surface area contributed by atoms with Crippen molar-refractivity contribution in [2.45, 2.75) is 19.4 Å². The Morgan fingerprint density at radius 2 is 1.97 bits per heavy atom. The van der Waals surface area contributed by atoms with Gasteiger partial charge < -0.3 is 9.80 Å². The van der Waals surface area contributed by atoms with E-state index in [2.05, 4.69) is 25.1 Å². The average Bonchev–Trinajstić information content (AvgIpc) is 3.24. The van der Waals surface area contributed by atoms with Crippen molar-refractivity contribution in [2.75, 3.05) is 24.5 Å². The van der Waals surface area contributed by atoms with Gasteiger partial charge in [0, 0.05) is 25.6 Å². The molecule has 0 N–H and O–H groups in total. The Labute approximate surface area is 167 Å². The largest absolute Gasteiger partial charge is 0.350 e. The first kappa shape index (κ1) is 17.7. The number of carbonyl (C=O) groups is 1. The summed E-state index contributed by atoms with van der Waals surface area (Å²) in [6.07, 6.45) is 7.36. The molecule has 0 aliphatic carbocycles. The minimum absolute atomic E-state index is 0.0829. The van der Waals surface area contributed by atoms with E-state index in [1.807, 2.05) is 6.92 Å². The number of hydrogen-bond donors (Lipinski definition) is 0. The maximum absolute atomic E-state index is 14.5. The molecule has 9 heteroatoms. The third-order valence-corrected chi connectivity index (χ3v) is 5.74.